The second-order valence-corrected chi connectivity index (χ2v) is 5.22. The maximum atomic E-state index is 9.12. The molecule has 1 heterocycles. The van der Waals surface area contributed by atoms with Gasteiger partial charge in [0.15, 0.2) is 5.82 Å². The smallest absolute Gasteiger partial charge is 0.242 e. The number of anilines is 2. The fourth-order valence-electron chi connectivity index (χ4n) is 1.67. The lowest BCUT2D eigenvalue weighted by molar-refractivity contribution is 0.235. The Hall–Kier alpha value is -1.56. The van der Waals surface area contributed by atoms with Gasteiger partial charge in [-0.3, -0.25) is 0 Å². The number of hydrogen-bond donors (Lipinski definition) is 3. The SMILES string of the molecule is COc1ncnc(NC(CCO)C(C)(C)C)c1N. The van der Waals surface area contributed by atoms with E-state index in [0.29, 0.717) is 23.8 Å². The molecule has 6 heteroatoms. The normalized spacial score (nSPS) is 13.2. The predicted octanol–water partition coefficient (Wildman–Crippen LogP) is 1.28. The largest absolute Gasteiger partial charge is 0.479 e. The van der Waals surface area contributed by atoms with Gasteiger partial charge in [0.1, 0.15) is 12.0 Å². The number of rotatable bonds is 5. The van der Waals surface area contributed by atoms with Crippen LogP contribution in [0.2, 0.25) is 0 Å². The number of aromatic nitrogens is 2. The third-order valence-electron chi connectivity index (χ3n) is 2.81. The Balaban J connectivity index is 2.94. The Kier molecular flexibility index (Phi) is 4.72. The number of methoxy groups -OCH3 is 1. The van der Waals surface area contributed by atoms with Crippen molar-refractivity contribution in [2.45, 2.75) is 33.2 Å². The molecule has 102 valence electrons. The number of nitrogens with two attached hydrogens (primary N) is 1. The number of hydrogen-bond acceptors (Lipinski definition) is 6. The average Bonchev–Trinajstić information content (AvgIpc) is 2.29. The van der Waals surface area contributed by atoms with Crippen LogP contribution in [0.3, 0.4) is 0 Å². The van der Waals surface area contributed by atoms with Crippen molar-refractivity contribution >= 4 is 11.5 Å². The van der Waals surface area contributed by atoms with Crippen molar-refractivity contribution in [3.63, 3.8) is 0 Å². The van der Waals surface area contributed by atoms with Crippen LogP contribution in [0.15, 0.2) is 6.33 Å². The molecule has 0 bridgehead atoms. The first kappa shape index (κ1) is 14.5. The minimum absolute atomic E-state index is 0.0205. The van der Waals surface area contributed by atoms with Crippen molar-refractivity contribution in [3.05, 3.63) is 6.33 Å². The maximum absolute atomic E-state index is 9.12. The standard InChI is InChI=1S/C12H22N4O2/c1-12(2,3)8(5-6-17)16-10-9(13)11(18-4)15-7-14-10/h7-8,17H,5-6,13H2,1-4H3,(H,14,15,16). The topological polar surface area (TPSA) is 93.3 Å². The Labute approximate surface area is 108 Å². The third-order valence-corrected chi connectivity index (χ3v) is 2.81. The van der Waals surface area contributed by atoms with Crippen LogP contribution in [0.5, 0.6) is 5.88 Å². The molecule has 18 heavy (non-hydrogen) atoms. The molecule has 4 N–H and O–H groups in total. The summed E-state index contributed by atoms with van der Waals surface area (Å²) in [4.78, 5) is 8.04. The molecule has 0 aromatic carbocycles. The highest BCUT2D eigenvalue weighted by Gasteiger charge is 2.25. The van der Waals surface area contributed by atoms with Crippen LogP contribution in [0.25, 0.3) is 0 Å². The van der Waals surface area contributed by atoms with E-state index in [1.165, 1.54) is 13.4 Å². The molecule has 0 spiro atoms. The summed E-state index contributed by atoms with van der Waals surface area (Å²) in [5.41, 5.74) is 6.27. The minimum Gasteiger partial charge on any atom is -0.479 e. The van der Waals surface area contributed by atoms with Gasteiger partial charge in [-0.05, 0) is 11.8 Å². The zero-order chi connectivity index (χ0) is 13.8. The molecule has 0 radical (unpaired) electrons. The van der Waals surface area contributed by atoms with E-state index in [2.05, 4.69) is 36.1 Å². The van der Waals surface area contributed by atoms with Crippen molar-refractivity contribution < 1.29 is 9.84 Å². The minimum atomic E-state index is -0.0205. The fraction of sp³-hybridized carbons (Fsp3) is 0.667. The Morgan fingerprint density at radius 1 is 1.44 bits per heavy atom. The van der Waals surface area contributed by atoms with Crippen LogP contribution >= 0.6 is 0 Å². The molecule has 0 aliphatic rings. The van der Waals surface area contributed by atoms with Gasteiger partial charge in [-0.2, -0.15) is 4.98 Å². The summed E-state index contributed by atoms with van der Waals surface area (Å²) in [7, 11) is 1.51. The molecule has 0 aliphatic heterocycles. The highest BCUT2D eigenvalue weighted by molar-refractivity contribution is 5.66. The molecule has 0 saturated heterocycles. The molecular formula is C12H22N4O2. The van der Waals surface area contributed by atoms with Crippen molar-refractivity contribution in [2.75, 3.05) is 24.8 Å². The van der Waals surface area contributed by atoms with E-state index in [9.17, 15) is 0 Å². The number of nitrogens with one attached hydrogen (secondary N) is 1. The van der Waals surface area contributed by atoms with Crippen LogP contribution in [0.1, 0.15) is 27.2 Å². The molecule has 1 rings (SSSR count). The average molecular weight is 254 g/mol. The first-order valence-corrected chi connectivity index (χ1v) is 5.92. The summed E-state index contributed by atoms with van der Waals surface area (Å²) in [6.45, 7) is 6.38. The Bertz CT molecular complexity index is 390. The van der Waals surface area contributed by atoms with Crippen LogP contribution in [-0.4, -0.2) is 34.8 Å². The van der Waals surface area contributed by atoms with E-state index in [0.717, 1.165) is 0 Å². The number of nitrogens with zero attached hydrogens (tertiary/aromatic N) is 2. The number of aliphatic hydroxyl groups excluding tert-OH is 1. The van der Waals surface area contributed by atoms with E-state index in [4.69, 9.17) is 15.6 Å². The summed E-state index contributed by atoms with van der Waals surface area (Å²) in [6.07, 6.45) is 2.02. The van der Waals surface area contributed by atoms with E-state index in [-0.39, 0.29) is 18.1 Å². The van der Waals surface area contributed by atoms with Crippen molar-refractivity contribution in [3.8, 4) is 5.88 Å². The maximum Gasteiger partial charge on any atom is 0.242 e. The summed E-state index contributed by atoms with van der Waals surface area (Å²) in [6, 6.07) is 0.0596. The van der Waals surface area contributed by atoms with Gasteiger partial charge in [-0.15, -0.1) is 0 Å². The van der Waals surface area contributed by atoms with Gasteiger partial charge >= 0.3 is 0 Å². The lowest BCUT2D eigenvalue weighted by atomic mass is 9.85. The van der Waals surface area contributed by atoms with E-state index >= 15 is 0 Å². The second kappa shape index (κ2) is 5.86. The molecule has 1 unspecified atom stereocenters. The third kappa shape index (κ3) is 3.46. The highest BCUT2D eigenvalue weighted by Crippen LogP contribution is 2.29. The Morgan fingerprint density at radius 3 is 2.61 bits per heavy atom. The van der Waals surface area contributed by atoms with Crippen LogP contribution in [-0.2, 0) is 0 Å². The molecule has 0 amide bonds. The van der Waals surface area contributed by atoms with Gasteiger partial charge in [-0.1, -0.05) is 20.8 Å². The van der Waals surface area contributed by atoms with Crippen LogP contribution in [0.4, 0.5) is 11.5 Å². The summed E-state index contributed by atoms with van der Waals surface area (Å²) < 4.78 is 5.05. The van der Waals surface area contributed by atoms with Gasteiger partial charge in [0, 0.05) is 12.6 Å². The number of aliphatic hydroxyl groups is 1. The molecule has 0 aliphatic carbocycles. The summed E-state index contributed by atoms with van der Waals surface area (Å²) in [5, 5.41) is 12.4. The molecular weight excluding hydrogens is 232 g/mol. The zero-order valence-electron chi connectivity index (χ0n) is 11.4. The molecule has 1 aromatic rings. The summed E-state index contributed by atoms with van der Waals surface area (Å²) in [5.74, 6) is 0.888. The number of ether oxygens (including phenoxy) is 1. The van der Waals surface area contributed by atoms with Gasteiger partial charge in [0.05, 0.1) is 7.11 Å². The lowest BCUT2D eigenvalue weighted by Crippen LogP contribution is -2.35. The quantitative estimate of drug-likeness (QED) is 0.733. The molecule has 1 atom stereocenters. The van der Waals surface area contributed by atoms with Gasteiger partial charge < -0.3 is 20.9 Å². The fourth-order valence-corrected chi connectivity index (χ4v) is 1.67. The molecule has 0 fully saturated rings. The summed E-state index contributed by atoms with van der Waals surface area (Å²) >= 11 is 0. The van der Waals surface area contributed by atoms with Gasteiger partial charge in [-0.25, -0.2) is 4.98 Å². The Morgan fingerprint density at radius 2 is 2.11 bits per heavy atom. The van der Waals surface area contributed by atoms with E-state index in [1.54, 1.807) is 0 Å². The number of nitrogen functional groups attached to an aromatic ring is 1. The monoisotopic (exact) mass is 254 g/mol. The zero-order valence-corrected chi connectivity index (χ0v) is 11.4. The van der Waals surface area contributed by atoms with Crippen molar-refractivity contribution in [2.24, 2.45) is 5.41 Å². The highest BCUT2D eigenvalue weighted by atomic mass is 16.5. The predicted molar refractivity (Wildman–Crippen MR) is 71.6 cm³/mol. The van der Waals surface area contributed by atoms with E-state index in [1.807, 2.05) is 0 Å². The van der Waals surface area contributed by atoms with E-state index < -0.39 is 0 Å². The van der Waals surface area contributed by atoms with Crippen LogP contribution in [0, 0.1) is 5.41 Å². The second-order valence-electron chi connectivity index (χ2n) is 5.22. The van der Waals surface area contributed by atoms with Gasteiger partial charge in [0.25, 0.3) is 0 Å². The van der Waals surface area contributed by atoms with Gasteiger partial charge in [0.2, 0.25) is 5.88 Å². The molecule has 6 nitrogen and oxygen atoms in total. The van der Waals surface area contributed by atoms with Crippen LogP contribution < -0.4 is 15.8 Å². The first-order valence-electron chi connectivity index (χ1n) is 5.92. The molecule has 0 saturated carbocycles. The van der Waals surface area contributed by atoms with Crippen molar-refractivity contribution in [1.82, 2.24) is 9.97 Å². The lowest BCUT2D eigenvalue weighted by Gasteiger charge is -2.31. The van der Waals surface area contributed by atoms with Crippen molar-refractivity contribution in [1.29, 1.82) is 0 Å². The first-order chi connectivity index (χ1) is 8.40. The molecule has 1 aromatic heterocycles.